The van der Waals surface area contributed by atoms with Gasteiger partial charge in [-0.15, -0.1) is 0 Å². The van der Waals surface area contributed by atoms with E-state index >= 15 is 0 Å². The molecule has 3 atom stereocenters. The van der Waals surface area contributed by atoms with E-state index in [4.69, 9.17) is 4.74 Å². The first-order valence-corrected chi connectivity index (χ1v) is 7.70. The van der Waals surface area contributed by atoms with E-state index in [0.29, 0.717) is 12.1 Å². The second-order valence-electron chi connectivity index (χ2n) is 6.03. The summed E-state index contributed by atoms with van der Waals surface area (Å²) in [6.07, 6.45) is 4.06. The van der Waals surface area contributed by atoms with E-state index < -0.39 is 0 Å². The fraction of sp³-hybridized carbons (Fsp3) is 0.588. The highest BCUT2D eigenvalue weighted by atomic mass is 16.5. The van der Waals surface area contributed by atoms with Crippen molar-refractivity contribution in [3.63, 3.8) is 0 Å². The van der Waals surface area contributed by atoms with Crippen LogP contribution in [0.4, 0.5) is 0 Å². The van der Waals surface area contributed by atoms with Crippen molar-refractivity contribution in [1.29, 1.82) is 0 Å². The molecule has 1 saturated carbocycles. The van der Waals surface area contributed by atoms with Gasteiger partial charge in [-0.05, 0) is 19.3 Å². The summed E-state index contributed by atoms with van der Waals surface area (Å²) in [6, 6.07) is 10.2. The number of nitrogens with zero attached hydrogens (tertiary/aromatic N) is 1. The molecule has 3 nitrogen and oxygen atoms in total. The van der Waals surface area contributed by atoms with Gasteiger partial charge in [0.15, 0.2) is 5.78 Å². The predicted octanol–water partition coefficient (Wildman–Crippen LogP) is 2.76. The Morgan fingerprint density at radius 1 is 1.35 bits per heavy atom. The summed E-state index contributed by atoms with van der Waals surface area (Å²) < 4.78 is 5.83. The molecule has 2 aliphatic rings. The van der Waals surface area contributed by atoms with Crippen molar-refractivity contribution in [1.82, 2.24) is 4.90 Å². The van der Waals surface area contributed by atoms with E-state index in [9.17, 15) is 4.79 Å². The Labute approximate surface area is 120 Å². The summed E-state index contributed by atoms with van der Waals surface area (Å²) in [5, 5.41) is 0. The fourth-order valence-corrected chi connectivity index (χ4v) is 3.55. The Balaban J connectivity index is 1.63. The fourth-order valence-electron chi connectivity index (χ4n) is 3.55. The Hall–Kier alpha value is -1.19. The molecular formula is C17H23NO2. The Kier molecular flexibility index (Phi) is 4.18. The third kappa shape index (κ3) is 2.79. The van der Waals surface area contributed by atoms with Crippen LogP contribution < -0.4 is 0 Å². The van der Waals surface area contributed by atoms with Gasteiger partial charge in [0, 0.05) is 30.6 Å². The molecule has 1 aromatic rings. The highest BCUT2D eigenvalue weighted by Crippen LogP contribution is 2.30. The van der Waals surface area contributed by atoms with Gasteiger partial charge < -0.3 is 4.74 Å². The summed E-state index contributed by atoms with van der Waals surface area (Å²) in [7, 11) is 0. The average Bonchev–Trinajstić information content (AvgIpc) is 2.97. The first-order chi connectivity index (χ1) is 9.75. The molecule has 0 amide bonds. The maximum atomic E-state index is 12.5. The van der Waals surface area contributed by atoms with Crippen molar-refractivity contribution in [3.8, 4) is 0 Å². The number of ketones is 1. The lowest BCUT2D eigenvalue weighted by atomic mass is 9.97. The molecule has 3 heteroatoms. The number of carbonyl (C=O) groups is 1. The summed E-state index contributed by atoms with van der Waals surface area (Å²) in [5.41, 5.74) is 0.830. The lowest BCUT2D eigenvalue weighted by molar-refractivity contribution is -0.0583. The molecule has 3 rings (SSSR count). The molecule has 0 radical (unpaired) electrons. The van der Waals surface area contributed by atoms with Gasteiger partial charge in [0.05, 0.1) is 12.7 Å². The van der Waals surface area contributed by atoms with E-state index in [0.717, 1.165) is 25.3 Å². The Morgan fingerprint density at radius 3 is 2.95 bits per heavy atom. The van der Waals surface area contributed by atoms with Crippen LogP contribution in [-0.2, 0) is 4.74 Å². The van der Waals surface area contributed by atoms with Gasteiger partial charge in [-0.25, -0.2) is 0 Å². The predicted molar refractivity (Wildman–Crippen MR) is 78.9 cm³/mol. The third-order valence-corrected chi connectivity index (χ3v) is 4.61. The van der Waals surface area contributed by atoms with E-state index in [2.05, 4.69) is 11.8 Å². The number of morpholine rings is 1. The molecule has 0 spiro atoms. The van der Waals surface area contributed by atoms with Crippen LogP contribution in [0.5, 0.6) is 0 Å². The molecular weight excluding hydrogens is 250 g/mol. The molecule has 2 fully saturated rings. The zero-order chi connectivity index (χ0) is 13.9. The smallest absolute Gasteiger partial charge is 0.166 e. The number of carbonyl (C=O) groups excluding carboxylic acids is 1. The van der Waals surface area contributed by atoms with Crippen LogP contribution in [0.3, 0.4) is 0 Å². The van der Waals surface area contributed by atoms with Gasteiger partial charge in [0.1, 0.15) is 0 Å². The van der Waals surface area contributed by atoms with Crippen molar-refractivity contribution in [2.45, 2.75) is 38.3 Å². The molecule has 0 aromatic heterocycles. The highest BCUT2D eigenvalue weighted by Gasteiger charge is 2.36. The van der Waals surface area contributed by atoms with Crippen LogP contribution in [0.1, 0.15) is 36.5 Å². The Bertz CT molecular complexity index is 459. The second-order valence-corrected chi connectivity index (χ2v) is 6.03. The van der Waals surface area contributed by atoms with Crippen molar-refractivity contribution in [3.05, 3.63) is 35.9 Å². The molecule has 20 heavy (non-hydrogen) atoms. The summed E-state index contributed by atoms with van der Waals surface area (Å²) in [5.74, 6) is 0.309. The molecule has 0 N–H and O–H groups in total. The van der Waals surface area contributed by atoms with Crippen LogP contribution in [0.15, 0.2) is 30.3 Å². The second kappa shape index (κ2) is 6.06. The molecule has 1 saturated heterocycles. The van der Waals surface area contributed by atoms with Crippen molar-refractivity contribution in [2.75, 3.05) is 19.7 Å². The highest BCUT2D eigenvalue weighted by molar-refractivity contribution is 5.97. The monoisotopic (exact) mass is 273 g/mol. The summed E-state index contributed by atoms with van der Waals surface area (Å²) >= 11 is 0. The van der Waals surface area contributed by atoms with E-state index in [-0.39, 0.29) is 11.7 Å². The minimum absolute atomic E-state index is 0.0525. The number of ether oxygens (including phenoxy) is 1. The molecule has 0 bridgehead atoms. The molecule has 1 heterocycles. The molecule has 1 aliphatic carbocycles. The quantitative estimate of drug-likeness (QED) is 0.790. The van der Waals surface area contributed by atoms with Crippen molar-refractivity contribution >= 4 is 5.78 Å². The average molecular weight is 273 g/mol. The number of hydrogen-bond donors (Lipinski definition) is 0. The number of fused-ring (bicyclic) bond motifs is 1. The zero-order valence-corrected chi connectivity index (χ0v) is 12.1. The summed E-state index contributed by atoms with van der Waals surface area (Å²) in [6.45, 7) is 4.69. The number of Topliss-reactive ketones (excluding diaryl/α,β-unsaturated/α-hetero) is 1. The van der Waals surface area contributed by atoms with Crippen LogP contribution in [-0.4, -0.2) is 42.5 Å². The van der Waals surface area contributed by atoms with Crippen molar-refractivity contribution < 1.29 is 9.53 Å². The minimum Gasteiger partial charge on any atom is -0.375 e. The summed E-state index contributed by atoms with van der Waals surface area (Å²) in [4.78, 5) is 14.9. The van der Waals surface area contributed by atoms with E-state index in [1.807, 2.05) is 30.3 Å². The van der Waals surface area contributed by atoms with E-state index in [1.165, 1.54) is 19.3 Å². The number of benzene rings is 1. The topological polar surface area (TPSA) is 29.5 Å². The van der Waals surface area contributed by atoms with Crippen LogP contribution >= 0.6 is 0 Å². The first kappa shape index (κ1) is 13.8. The lowest BCUT2D eigenvalue weighted by Gasteiger charge is -2.38. The van der Waals surface area contributed by atoms with Gasteiger partial charge in [-0.2, -0.15) is 0 Å². The molecule has 108 valence electrons. The van der Waals surface area contributed by atoms with Crippen molar-refractivity contribution in [2.24, 2.45) is 5.92 Å². The normalized spacial score (nSPS) is 28.1. The van der Waals surface area contributed by atoms with Crippen LogP contribution in [0, 0.1) is 5.92 Å². The van der Waals surface area contributed by atoms with Crippen LogP contribution in [0.25, 0.3) is 0 Å². The van der Waals surface area contributed by atoms with Gasteiger partial charge in [0.25, 0.3) is 0 Å². The first-order valence-electron chi connectivity index (χ1n) is 7.70. The van der Waals surface area contributed by atoms with Gasteiger partial charge in [0.2, 0.25) is 0 Å². The molecule has 1 aliphatic heterocycles. The zero-order valence-electron chi connectivity index (χ0n) is 12.1. The van der Waals surface area contributed by atoms with Crippen LogP contribution in [0.2, 0.25) is 0 Å². The maximum absolute atomic E-state index is 12.5. The lowest BCUT2D eigenvalue weighted by Crippen LogP contribution is -2.50. The third-order valence-electron chi connectivity index (χ3n) is 4.61. The standard InChI is InChI=1S/C17H23NO2/c1-13(17(19)14-6-3-2-4-7-14)12-18-10-11-20-16-9-5-8-15(16)18/h2-4,6-7,13,15-16H,5,8-12H2,1H3. The maximum Gasteiger partial charge on any atom is 0.166 e. The van der Waals surface area contributed by atoms with Gasteiger partial charge in [-0.3, -0.25) is 9.69 Å². The van der Waals surface area contributed by atoms with Gasteiger partial charge >= 0.3 is 0 Å². The SMILES string of the molecule is CC(CN1CCOC2CCCC21)C(=O)c1ccccc1. The van der Waals surface area contributed by atoms with Gasteiger partial charge in [-0.1, -0.05) is 37.3 Å². The molecule has 1 aromatic carbocycles. The van der Waals surface area contributed by atoms with E-state index in [1.54, 1.807) is 0 Å². The number of rotatable bonds is 4. The molecule has 3 unspecified atom stereocenters. The largest absolute Gasteiger partial charge is 0.375 e. The number of hydrogen-bond acceptors (Lipinski definition) is 3. The Morgan fingerprint density at radius 2 is 2.15 bits per heavy atom. The minimum atomic E-state index is 0.0525.